The molecule has 10 atom stereocenters. The van der Waals surface area contributed by atoms with Crippen LogP contribution in [0.4, 0.5) is 0 Å². The van der Waals surface area contributed by atoms with E-state index in [9.17, 15) is 19.2 Å². The molecule has 0 radical (unpaired) electrons. The number of ether oxygens (including phenoxy) is 2. The third-order valence-electron chi connectivity index (χ3n) is 14.3. The first-order valence-electron chi connectivity index (χ1n) is 19.0. The lowest BCUT2D eigenvalue weighted by atomic mass is 9.44. The molecule has 2 N–H and O–H groups in total. The van der Waals surface area contributed by atoms with Crippen LogP contribution < -0.4 is 0 Å². The normalized spacial score (nSPS) is 40.5. The Bertz CT molecular complexity index is 1170. The number of nitrogens with zero attached hydrogens (tertiary/aromatic N) is 2. The Morgan fingerprint density at radius 1 is 0.771 bits per heavy atom. The molecule has 6 fully saturated rings. The topological polar surface area (TPSA) is 130 Å². The van der Waals surface area contributed by atoms with Crippen LogP contribution in [0.3, 0.4) is 0 Å². The Balaban J connectivity index is 0.000000503. The Hall–Kier alpha value is -2.20. The van der Waals surface area contributed by atoms with Crippen molar-refractivity contribution in [1.29, 1.82) is 0 Å². The molecule has 0 amide bonds. The summed E-state index contributed by atoms with van der Waals surface area (Å²) in [6, 6.07) is 0.796. The zero-order chi connectivity index (χ0) is 34.9. The summed E-state index contributed by atoms with van der Waals surface area (Å²) < 4.78 is 13.5. The number of piperidine rings is 2. The summed E-state index contributed by atoms with van der Waals surface area (Å²) in [4.78, 5) is 46.7. The molecule has 2 saturated heterocycles. The molecule has 2 heterocycles. The fourth-order valence-electron chi connectivity index (χ4n) is 11.9. The average Bonchev–Trinajstić information content (AvgIpc) is 3.33. The molecule has 4 saturated carbocycles. The Morgan fingerprint density at radius 3 is 1.96 bits per heavy atom. The van der Waals surface area contributed by atoms with E-state index in [1.807, 2.05) is 0 Å². The summed E-state index contributed by atoms with van der Waals surface area (Å²) in [7, 11) is 2.47. The number of rotatable bonds is 7. The zero-order valence-corrected chi connectivity index (χ0v) is 30.3. The highest BCUT2D eigenvalue weighted by Crippen LogP contribution is 2.67. The highest BCUT2D eigenvalue weighted by molar-refractivity contribution is 5.75. The summed E-state index contributed by atoms with van der Waals surface area (Å²) >= 11 is 0. The molecular formula is C38H63N2O8+. The number of hydrogen-bond donors (Lipinski definition) is 2. The van der Waals surface area contributed by atoms with Crippen LogP contribution in [-0.2, 0) is 28.7 Å². The molecule has 10 heteroatoms. The number of likely N-dealkylation sites (tertiary alicyclic amines) is 2. The second-order valence-corrected chi connectivity index (χ2v) is 17.1. The summed E-state index contributed by atoms with van der Waals surface area (Å²) in [5.41, 5.74) is 0.377. The highest BCUT2D eigenvalue weighted by atomic mass is 16.5. The van der Waals surface area contributed by atoms with Crippen LogP contribution in [0.1, 0.15) is 124 Å². The minimum absolute atomic E-state index is 0.0466. The summed E-state index contributed by atoms with van der Waals surface area (Å²) in [6.45, 7) is 13.1. The number of aliphatic carboxylic acids is 2. The molecule has 0 bridgehead atoms. The molecule has 2 aliphatic heterocycles. The third-order valence-corrected chi connectivity index (χ3v) is 14.3. The van der Waals surface area contributed by atoms with Gasteiger partial charge in [0.1, 0.15) is 12.1 Å². The minimum Gasteiger partial charge on any atom is -0.481 e. The molecule has 6 aliphatic rings. The maximum absolute atomic E-state index is 12.5. The Morgan fingerprint density at radius 2 is 1.38 bits per heavy atom. The van der Waals surface area contributed by atoms with E-state index in [4.69, 9.17) is 19.7 Å². The number of carboxylic acids is 2. The first-order valence-corrected chi connectivity index (χ1v) is 19.0. The first kappa shape index (κ1) is 37.1. The van der Waals surface area contributed by atoms with Gasteiger partial charge in [0.05, 0.1) is 33.0 Å². The van der Waals surface area contributed by atoms with Gasteiger partial charge in [0.25, 0.3) is 0 Å². The lowest BCUT2D eigenvalue weighted by molar-refractivity contribution is -0.940. The van der Waals surface area contributed by atoms with Gasteiger partial charge in [-0.05, 0) is 113 Å². The summed E-state index contributed by atoms with van der Waals surface area (Å²) in [5, 5.41) is 15.8. The molecule has 0 aromatic heterocycles. The van der Waals surface area contributed by atoms with E-state index in [-0.39, 0.29) is 42.4 Å². The van der Waals surface area contributed by atoms with Gasteiger partial charge in [0, 0.05) is 31.7 Å². The monoisotopic (exact) mass is 675 g/mol. The smallest absolute Gasteiger partial charge is 0.303 e. The first-order chi connectivity index (χ1) is 22.7. The summed E-state index contributed by atoms with van der Waals surface area (Å²) in [6.07, 6.45) is 15.7. The molecule has 4 aliphatic carbocycles. The maximum Gasteiger partial charge on any atom is 0.303 e. The van der Waals surface area contributed by atoms with Gasteiger partial charge in [0.15, 0.2) is 6.10 Å². The van der Waals surface area contributed by atoms with E-state index in [1.165, 1.54) is 90.1 Å². The van der Waals surface area contributed by atoms with Crippen LogP contribution in [0.2, 0.25) is 0 Å². The van der Waals surface area contributed by atoms with Crippen LogP contribution in [0.25, 0.3) is 0 Å². The number of carboxylic acid groups (broad SMARTS) is 2. The van der Waals surface area contributed by atoms with E-state index >= 15 is 0 Å². The van der Waals surface area contributed by atoms with Gasteiger partial charge >= 0.3 is 23.9 Å². The predicted molar refractivity (Wildman–Crippen MR) is 181 cm³/mol. The maximum atomic E-state index is 12.5. The Labute approximate surface area is 287 Å². The van der Waals surface area contributed by atoms with Gasteiger partial charge in [-0.15, -0.1) is 0 Å². The third kappa shape index (κ3) is 7.59. The van der Waals surface area contributed by atoms with Crippen molar-refractivity contribution in [2.24, 2.45) is 34.5 Å². The molecule has 0 aromatic rings. The van der Waals surface area contributed by atoms with E-state index in [0.29, 0.717) is 35.3 Å². The van der Waals surface area contributed by atoms with Gasteiger partial charge in [0.2, 0.25) is 0 Å². The largest absolute Gasteiger partial charge is 0.481 e. The molecule has 272 valence electrons. The Kier molecular flexibility index (Phi) is 11.6. The van der Waals surface area contributed by atoms with Crippen molar-refractivity contribution in [2.45, 2.75) is 148 Å². The van der Waals surface area contributed by atoms with Crippen molar-refractivity contribution in [2.75, 3.05) is 33.2 Å². The lowest BCUT2D eigenvalue weighted by Gasteiger charge is -2.62. The number of esters is 2. The minimum atomic E-state index is -1.08. The SMILES string of the molecule is CC(=O)O[C@H]1CC2CCC3C(CC[C@@]4(C)C3C[C@H]([N+]3(C)CCCCC3)[C@@H]4OC(C)=O)[C@@]2(C)C[C@@H]1N1CCCCC1.O=C(O)CCC(=O)O. The molecule has 48 heavy (non-hydrogen) atoms. The standard InChI is InChI=1S/C34H57N2O4.C4H6O4/c1-23(37)39-31-20-25-12-13-26-27(34(25,4)22-29(31)35-16-8-6-9-17-35)14-15-33(3)28(26)21-30(32(33)40-24(2)38)36(5)18-10-7-11-19-36;5-3(6)1-2-4(7)8/h25-32H,6-22H2,1-5H3;1-2H2,(H,5,6)(H,7,8)/q+1;/t25?,26?,27?,28?,29-,30-,31-,32-,33-,34-;/m0./s1. The number of likely N-dealkylation sites (N-methyl/N-ethyl adjacent to an activating group) is 1. The number of carbonyl (C=O) groups is 4. The van der Waals surface area contributed by atoms with Crippen molar-refractivity contribution in [1.82, 2.24) is 4.90 Å². The van der Waals surface area contributed by atoms with Crippen LogP contribution in [0.5, 0.6) is 0 Å². The molecular weight excluding hydrogens is 612 g/mol. The van der Waals surface area contributed by atoms with E-state index < -0.39 is 11.9 Å². The van der Waals surface area contributed by atoms with Crippen molar-refractivity contribution < 1.29 is 43.3 Å². The molecule has 0 spiro atoms. The number of quaternary nitrogens is 1. The highest BCUT2D eigenvalue weighted by Gasteiger charge is 2.67. The average molecular weight is 676 g/mol. The zero-order valence-electron chi connectivity index (χ0n) is 30.3. The van der Waals surface area contributed by atoms with Gasteiger partial charge in [-0.1, -0.05) is 20.3 Å². The molecule has 6 rings (SSSR count). The van der Waals surface area contributed by atoms with Gasteiger partial charge < -0.3 is 24.2 Å². The molecule has 4 unspecified atom stereocenters. The fourth-order valence-corrected chi connectivity index (χ4v) is 11.9. The quantitative estimate of drug-likeness (QED) is 0.250. The van der Waals surface area contributed by atoms with Crippen molar-refractivity contribution in [3.63, 3.8) is 0 Å². The predicted octanol–water partition coefficient (Wildman–Crippen LogP) is 5.90. The van der Waals surface area contributed by atoms with Gasteiger partial charge in [-0.2, -0.15) is 0 Å². The van der Waals surface area contributed by atoms with Crippen LogP contribution in [0.15, 0.2) is 0 Å². The second kappa shape index (κ2) is 15.0. The second-order valence-electron chi connectivity index (χ2n) is 17.1. The van der Waals surface area contributed by atoms with Crippen LogP contribution in [0, 0.1) is 34.5 Å². The van der Waals surface area contributed by atoms with E-state index in [1.54, 1.807) is 13.8 Å². The number of fused-ring (bicyclic) bond motifs is 5. The van der Waals surface area contributed by atoms with E-state index in [0.717, 1.165) is 29.9 Å². The van der Waals surface area contributed by atoms with Crippen molar-refractivity contribution >= 4 is 23.9 Å². The fraction of sp³-hybridized carbons (Fsp3) is 0.895. The molecule has 0 aromatic carbocycles. The summed E-state index contributed by atoms with van der Waals surface area (Å²) in [5.74, 6) is 0.350. The van der Waals surface area contributed by atoms with Crippen molar-refractivity contribution in [3.8, 4) is 0 Å². The van der Waals surface area contributed by atoms with Gasteiger partial charge in [-0.25, -0.2) is 0 Å². The lowest BCUT2D eigenvalue weighted by Crippen LogP contribution is -2.61. The van der Waals surface area contributed by atoms with Gasteiger partial charge in [-0.3, -0.25) is 24.1 Å². The molecule has 10 nitrogen and oxygen atoms in total. The van der Waals surface area contributed by atoms with E-state index in [2.05, 4.69) is 25.8 Å². The van der Waals surface area contributed by atoms with Crippen LogP contribution >= 0.6 is 0 Å². The number of carbonyl (C=O) groups excluding carboxylic acids is 2. The van der Waals surface area contributed by atoms with Crippen LogP contribution in [-0.4, -0.2) is 101 Å². The van der Waals surface area contributed by atoms with Crippen molar-refractivity contribution in [3.05, 3.63) is 0 Å². The number of hydrogen-bond acceptors (Lipinski definition) is 7.